The van der Waals surface area contributed by atoms with Gasteiger partial charge in [0.2, 0.25) is 0 Å². The zero-order valence-electron chi connectivity index (χ0n) is 11.7. The van der Waals surface area contributed by atoms with Gasteiger partial charge in [0, 0.05) is 30.8 Å². The second kappa shape index (κ2) is 6.39. The van der Waals surface area contributed by atoms with Crippen LogP contribution in [0.3, 0.4) is 0 Å². The molecular formula is C14H20F3NO. The summed E-state index contributed by atoms with van der Waals surface area (Å²) in [6, 6.07) is 0.879. The molecule has 1 rings (SSSR count). The number of nitrogens with one attached hydrogen (secondary N) is 1. The molecule has 0 spiro atoms. The highest BCUT2D eigenvalue weighted by Crippen LogP contribution is 2.28. The van der Waals surface area contributed by atoms with Crippen LogP contribution in [0.4, 0.5) is 13.2 Å². The Bertz CT molecular complexity index is 412. The minimum Gasteiger partial charge on any atom is -0.379 e. The molecule has 5 heteroatoms. The van der Waals surface area contributed by atoms with Gasteiger partial charge in [0.1, 0.15) is 17.5 Å². The molecule has 0 fully saturated rings. The van der Waals surface area contributed by atoms with Crippen molar-refractivity contribution in [2.45, 2.75) is 38.3 Å². The summed E-state index contributed by atoms with van der Waals surface area (Å²) in [4.78, 5) is 0. The summed E-state index contributed by atoms with van der Waals surface area (Å²) in [5.41, 5.74) is -0.502. The average molecular weight is 275 g/mol. The van der Waals surface area contributed by atoms with Crippen molar-refractivity contribution in [2.75, 3.05) is 14.2 Å². The van der Waals surface area contributed by atoms with Crippen LogP contribution >= 0.6 is 0 Å². The fraction of sp³-hybridized carbons (Fsp3) is 0.571. The summed E-state index contributed by atoms with van der Waals surface area (Å²) in [7, 11) is 3.21. The number of benzene rings is 1. The summed E-state index contributed by atoms with van der Waals surface area (Å²) in [6.07, 6.45) is 1.10. The molecule has 0 aliphatic rings. The van der Waals surface area contributed by atoms with Crippen LogP contribution in [0.2, 0.25) is 0 Å². The molecule has 0 aromatic heterocycles. The van der Waals surface area contributed by atoms with Crippen LogP contribution in [0.1, 0.15) is 38.3 Å². The van der Waals surface area contributed by atoms with Crippen LogP contribution in [-0.2, 0) is 4.74 Å². The summed E-state index contributed by atoms with van der Waals surface area (Å²) < 4.78 is 45.6. The van der Waals surface area contributed by atoms with Crippen molar-refractivity contribution in [1.29, 1.82) is 0 Å². The van der Waals surface area contributed by atoms with Crippen molar-refractivity contribution in [3.05, 3.63) is 35.1 Å². The Kier molecular flexibility index (Phi) is 5.38. The van der Waals surface area contributed by atoms with E-state index in [1.54, 1.807) is 14.2 Å². The first-order chi connectivity index (χ1) is 8.80. The maximum atomic E-state index is 13.7. The smallest absolute Gasteiger partial charge is 0.133 e. The molecule has 1 N–H and O–H groups in total. The lowest BCUT2D eigenvalue weighted by atomic mass is 9.94. The quantitative estimate of drug-likeness (QED) is 0.857. The molecule has 1 atom stereocenters. The van der Waals surface area contributed by atoms with Gasteiger partial charge >= 0.3 is 0 Å². The molecule has 108 valence electrons. The lowest BCUT2D eigenvalue weighted by Gasteiger charge is -2.26. The zero-order valence-corrected chi connectivity index (χ0v) is 11.7. The Morgan fingerprint density at radius 3 is 2.16 bits per heavy atom. The van der Waals surface area contributed by atoms with Crippen molar-refractivity contribution < 1.29 is 17.9 Å². The summed E-state index contributed by atoms with van der Waals surface area (Å²) >= 11 is 0. The zero-order chi connectivity index (χ0) is 14.6. The SMILES string of the molecule is CNC(CCC(C)(C)OC)c1c(F)cc(F)cc1F. The van der Waals surface area contributed by atoms with E-state index in [-0.39, 0.29) is 11.2 Å². The highest BCUT2D eigenvalue weighted by Gasteiger charge is 2.24. The second-order valence-electron chi connectivity index (χ2n) is 5.13. The van der Waals surface area contributed by atoms with Gasteiger partial charge in [-0.2, -0.15) is 0 Å². The Labute approximate surface area is 112 Å². The molecule has 1 unspecified atom stereocenters. The minimum absolute atomic E-state index is 0.129. The van der Waals surface area contributed by atoms with Crippen molar-refractivity contribution in [2.24, 2.45) is 0 Å². The number of hydrogen-bond donors (Lipinski definition) is 1. The van der Waals surface area contributed by atoms with Crippen molar-refractivity contribution in [3.8, 4) is 0 Å². The molecule has 1 aromatic rings. The van der Waals surface area contributed by atoms with Crippen LogP contribution in [0.5, 0.6) is 0 Å². The van der Waals surface area contributed by atoms with E-state index in [1.165, 1.54) is 0 Å². The van der Waals surface area contributed by atoms with Gasteiger partial charge in [0.05, 0.1) is 5.60 Å². The van der Waals surface area contributed by atoms with E-state index in [0.29, 0.717) is 25.0 Å². The van der Waals surface area contributed by atoms with E-state index in [9.17, 15) is 13.2 Å². The van der Waals surface area contributed by atoms with Gasteiger partial charge in [0.15, 0.2) is 0 Å². The lowest BCUT2D eigenvalue weighted by Crippen LogP contribution is -2.27. The van der Waals surface area contributed by atoms with Gasteiger partial charge in [-0.25, -0.2) is 13.2 Å². The Hall–Kier alpha value is -1.07. The van der Waals surface area contributed by atoms with E-state index < -0.39 is 23.5 Å². The van der Waals surface area contributed by atoms with Crippen molar-refractivity contribution in [3.63, 3.8) is 0 Å². The molecule has 0 amide bonds. The van der Waals surface area contributed by atoms with E-state index in [4.69, 9.17) is 4.74 Å². The number of halogens is 3. The van der Waals surface area contributed by atoms with Crippen molar-refractivity contribution in [1.82, 2.24) is 5.32 Å². The molecule has 0 bridgehead atoms. The number of rotatable bonds is 6. The third-order valence-corrected chi connectivity index (χ3v) is 3.33. The van der Waals surface area contributed by atoms with Gasteiger partial charge < -0.3 is 10.1 Å². The fourth-order valence-corrected chi connectivity index (χ4v) is 1.91. The second-order valence-corrected chi connectivity index (χ2v) is 5.13. The standard InChI is InChI=1S/C14H20F3NO/c1-14(2,19-4)6-5-12(18-3)13-10(16)7-9(15)8-11(13)17/h7-8,12,18H,5-6H2,1-4H3. The topological polar surface area (TPSA) is 21.3 Å². The predicted octanol–water partition coefficient (Wildman–Crippen LogP) is 3.57. The number of hydrogen-bond acceptors (Lipinski definition) is 2. The molecule has 0 saturated carbocycles. The van der Waals surface area contributed by atoms with Gasteiger partial charge in [-0.15, -0.1) is 0 Å². The maximum absolute atomic E-state index is 13.7. The average Bonchev–Trinajstić information content (AvgIpc) is 2.32. The minimum atomic E-state index is -0.911. The summed E-state index contributed by atoms with van der Waals surface area (Å²) in [6.45, 7) is 3.80. The van der Waals surface area contributed by atoms with E-state index in [0.717, 1.165) is 0 Å². The Balaban J connectivity index is 2.92. The lowest BCUT2D eigenvalue weighted by molar-refractivity contribution is 0.0117. The third kappa shape index (κ3) is 4.21. The summed E-state index contributed by atoms with van der Waals surface area (Å²) in [5.74, 6) is -2.65. The van der Waals surface area contributed by atoms with Crippen molar-refractivity contribution >= 4 is 0 Å². The normalized spacial score (nSPS) is 13.6. The molecular weight excluding hydrogens is 255 g/mol. The summed E-state index contributed by atoms with van der Waals surface area (Å²) in [5, 5.41) is 2.86. The molecule has 0 radical (unpaired) electrons. The van der Waals surface area contributed by atoms with Gasteiger partial charge in [-0.3, -0.25) is 0 Å². The predicted molar refractivity (Wildman–Crippen MR) is 68.4 cm³/mol. The van der Waals surface area contributed by atoms with Crippen LogP contribution < -0.4 is 5.32 Å². The van der Waals surface area contributed by atoms with Crippen LogP contribution in [-0.4, -0.2) is 19.8 Å². The van der Waals surface area contributed by atoms with Crippen LogP contribution in [0.25, 0.3) is 0 Å². The third-order valence-electron chi connectivity index (χ3n) is 3.33. The molecule has 0 aliphatic carbocycles. The molecule has 19 heavy (non-hydrogen) atoms. The Morgan fingerprint density at radius 2 is 1.74 bits per heavy atom. The largest absolute Gasteiger partial charge is 0.379 e. The molecule has 0 heterocycles. The highest BCUT2D eigenvalue weighted by molar-refractivity contribution is 5.24. The van der Waals surface area contributed by atoms with Crippen LogP contribution in [0.15, 0.2) is 12.1 Å². The van der Waals surface area contributed by atoms with Gasteiger partial charge in [0.25, 0.3) is 0 Å². The first-order valence-electron chi connectivity index (χ1n) is 6.17. The Morgan fingerprint density at radius 1 is 1.21 bits per heavy atom. The monoisotopic (exact) mass is 275 g/mol. The molecule has 0 saturated heterocycles. The van der Waals surface area contributed by atoms with E-state index >= 15 is 0 Å². The number of methoxy groups -OCH3 is 1. The van der Waals surface area contributed by atoms with Gasteiger partial charge in [-0.05, 0) is 33.7 Å². The van der Waals surface area contributed by atoms with Gasteiger partial charge in [-0.1, -0.05) is 0 Å². The maximum Gasteiger partial charge on any atom is 0.133 e. The first kappa shape index (κ1) is 16.0. The fourth-order valence-electron chi connectivity index (χ4n) is 1.91. The van der Waals surface area contributed by atoms with E-state index in [2.05, 4.69) is 5.32 Å². The van der Waals surface area contributed by atoms with Crippen LogP contribution in [0, 0.1) is 17.5 Å². The first-order valence-corrected chi connectivity index (χ1v) is 6.17. The number of ether oxygens (including phenoxy) is 1. The molecule has 2 nitrogen and oxygen atoms in total. The van der Waals surface area contributed by atoms with E-state index in [1.807, 2.05) is 13.8 Å². The molecule has 0 aliphatic heterocycles. The highest BCUT2D eigenvalue weighted by atomic mass is 19.1. The molecule has 1 aromatic carbocycles.